The molecule has 0 radical (unpaired) electrons. The van der Waals surface area contributed by atoms with Crippen molar-refractivity contribution in [3.8, 4) is 0 Å². The van der Waals surface area contributed by atoms with Gasteiger partial charge in [0.15, 0.2) is 0 Å². The van der Waals surface area contributed by atoms with Crippen LogP contribution in [0.1, 0.15) is 38.6 Å². The fourth-order valence-electron chi connectivity index (χ4n) is 2.62. The molecule has 1 amide bonds. The maximum atomic E-state index is 12.5. The highest BCUT2D eigenvalue weighted by Gasteiger charge is 2.12. The lowest BCUT2D eigenvalue weighted by atomic mass is 10.1. The highest BCUT2D eigenvalue weighted by Crippen LogP contribution is 2.16. The van der Waals surface area contributed by atoms with Crippen molar-refractivity contribution in [2.45, 2.75) is 27.2 Å². The molecule has 0 atom stereocenters. The minimum absolute atomic E-state index is 0.188. The molecule has 3 aromatic rings. The zero-order valence-electron chi connectivity index (χ0n) is 14.7. The number of hydrogen-bond acceptors (Lipinski definition) is 3. The molecule has 25 heavy (non-hydrogen) atoms. The minimum Gasteiger partial charge on any atom is -0.322 e. The third-order valence-electron chi connectivity index (χ3n) is 4.24. The molecule has 2 aromatic carbocycles. The van der Waals surface area contributed by atoms with Gasteiger partial charge in [-0.05, 0) is 49.6 Å². The Morgan fingerprint density at radius 2 is 1.76 bits per heavy atom. The predicted molar refractivity (Wildman–Crippen MR) is 99.9 cm³/mol. The van der Waals surface area contributed by atoms with E-state index < -0.39 is 0 Å². The van der Waals surface area contributed by atoms with Crippen LogP contribution in [0.4, 0.5) is 5.69 Å². The molecule has 1 N–H and O–H groups in total. The van der Waals surface area contributed by atoms with E-state index in [0.717, 1.165) is 16.8 Å². The van der Waals surface area contributed by atoms with Gasteiger partial charge >= 0.3 is 0 Å². The zero-order chi connectivity index (χ0) is 17.8. The van der Waals surface area contributed by atoms with E-state index in [0.29, 0.717) is 23.5 Å². The molecule has 0 fully saturated rings. The fourth-order valence-corrected chi connectivity index (χ4v) is 2.62. The van der Waals surface area contributed by atoms with Crippen LogP contribution in [0.2, 0.25) is 0 Å². The third kappa shape index (κ3) is 4.10. The molecule has 0 unspecified atom stereocenters. The number of rotatable bonds is 4. The summed E-state index contributed by atoms with van der Waals surface area (Å²) in [5.41, 5.74) is 5.44. The lowest BCUT2D eigenvalue weighted by Crippen LogP contribution is -2.15. The maximum absolute atomic E-state index is 12.5. The van der Waals surface area contributed by atoms with Gasteiger partial charge in [0.25, 0.3) is 5.91 Å². The van der Waals surface area contributed by atoms with E-state index in [1.807, 2.05) is 69.3 Å². The third-order valence-corrected chi connectivity index (χ3v) is 4.24. The second-order valence-corrected chi connectivity index (χ2v) is 6.20. The molecular formula is C21H21N3O. The summed E-state index contributed by atoms with van der Waals surface area (Å²) in [5.74, 6) is 0.526. The molecular weight excluding hydrogens is 310 g/mol. The number of aromatic nitrogens is 2. The minimum atomic E-state index is -0.188. The van der Waals surface area contributed by atoms with Crippen LogP contribution in [0.5, 0.6) is 0 Å². The van der Waals surface area contributed by atoms with Crippen LogP contribution < -0.4 is 5.32 Å². The summed E-state index contributed by atoms with van der Waals surface area (Å²) in [6, 6.07) is 15.9. The lowest BCUT2D eigenvalue weighted by molar-refractivity contribution is 0.102. The molecule has 126 valence electrons. The normalized spacial score (nSPS) is 10.5. The van der Waals surface area contributed by atoms with E-state index in [4.69, 9.17) is 0 Å². The van der Waals surface area contributed by atoms with Gasteiger partial charge < -0.3 is 5.32 Å². The van der Waals surface area contributed by atoms with Gasteiger partial charge in [-0.3, -0.25) is 4.79 Å². The van der Waals surface area contributed by atoms with E-state index in [1.54, 1.807) is 6.20 Å². The Morgan fingerprint density at radius 1 is 1.00 bits per heavy atom. The Balaban J connectivity index is 1.75. The number of carbonyl (C=O) groups is 1. The molecule has 0 saturated carbocycles. The van der Waals surface area contributed by atoms with Crippen molar-refractivity contribution >= 4 is 11.6 Å². The first-order valence-corrected chi connectivity index (χ1v) is 8.28. The van der Waals surface area contributed by atoms with Gasteiger partial charge in [-0.1, -0.05) is 36.4 Å². The topological polar surface area (TPSA) is 54.9 Å². The number of amides is 1. The molecule has 0 saturated heterocycles. The zero-order valence-corrected chi connectivity index (χ0v) is 14.7. The largest absolute Gasteiger partial charge is 0.322 e. The molecule has 4 heteroatoms. The highest BCUT2D eigenvalue weighted by atomic mass is 16.1. The van der Waals surface area contributed by atoms with Crippen LogP contribution in [-0.2, 0) is 6.42 Å². The molecule has 0 bridgehead atoms. The Kier molecular flexibility index (Phi) is 4.89. The van der Waals surface area contributed by atoms with Crippen molar-refractivity contribution in [3.05, 3.63) is 88.5 Å². The molecule has 0 aliphatic heterocycles. The van der Waals surface area contributed by atoms with Crippen molar-refractivity contribution in [2.75, 3.05) is 5.32 Å². The summed E-state index contributed by atoms with van der Waals surface area (Å²) in [5, 5.41) is 2.92. The number of nitrogens with one attached hydrogen (secondary N) is 1. The average molecular weight is 331 g/mol. The Labute approximate surface area is 148 Å². The number of aryl methyl sites for hydroxylation is 3. The Morgan fingerprint density at radius 3 is 2.44 bits per heavy atom. The van der Waals surface area contributed by atoms with E-state index in [1.165, 1.54) is 5.56 Å². The first-order valence-electron chi connectivity index (χ1n) is 8.28. The predicted octanol–water partition coefficient (Wildman–Crippen LogP) is 4.24. The summed E-state index contributed by atoms with van der Waals surface area (Å²) in [7, 11) is 0. The van der Waals surface area contributed by atoms with Crippen LogP contribution in [0, 0.1) is 20.8 Å². The van der Waals surface area contributed by atoms with Gasteiger partial charge in [-0.25, -0.2) is 9.97 Å². The molecule has 1 aromatic heterocycles. The standard InChI is InChI=1S/C21H21N3O/c1-14-9-10-18(11-15(14)2)24-21(25)19-13-22-20(23-16(19)3)12-17-7-5-4-6-8-17/h4-11,13H,12H2,1-3H3,(H,24,25). The molecule has 4 nitrogen and oxygen atoms in total. The molecule has 1 heterocycles. The summed E-state index contributed by atoms with van der Waals surface area (Å²) < 4.78 is 0. The van der Waals surface area contributed by atoms with E-state index in [9.17, 15) is 4.79 Å². The van der Waals surface area contributed by atoms with Crippen molar-refractivity contribution in [3.63, 3.8) is 0 Å². The van der Waals surface area contributed by atoms with Gasteiger partial charge in [0.1, 0.15) is 5.82 Å². The van der Waals surface area contributed by atoms with E-state index in [-0.39, 0.29) is 5.91 Å². The van der Waals surface area contributed by atoms with Gasteiger partial charge in [0.2, 0.25) is 0 Å². The molecule has 0 aliphatic rings. The quantitative estimate of drug-likeness (QED) is 0.778. The van der Waals surface area contributed by atoms with Crippen molar-refractivity contribution in [2.24, 2.45) is 0 Å². The van der Waals surface area contributed by atoms with Gasteiger partial charge in [0, 0.05) is 18.3 Å². The Hall–Kier alpha value is -3.01. The second-order valence-electron chi connectivity index (χ2n) is 6.20. The number of hydrogen-bond donors (Lipinski definition) is 1. The number of nitrogens with zero attached hydrogens (tertiary/aromatic N) is 2. The maximum Gasteiger partial charge on any atom is 0.259 e. The van der Waals surface area contributed by atoms with Crippen LogP contribution in [0.15, 0.2) is 54.7 Å². The monoisotopic (exact) mass is 331 g/mol. The Bertz CT molecular complexity index is 904. The molecule has 0 spiro atoms. The summed E-state index contributed by atoms with van der Waals surface area (Å²) in [6.45, 7) is 5.91. The molecule has 3 rings (SSSR count). The van der Waals surface area contributed by atoms with Gasteiger partial charge in [0.05, 0.1) is 11.3 Å². The molecule has 0 aliphatic carbocycles. The van der Waals surface area contributed by atoms with Crippen molar-refractivity contribution in [1.82, 2.24) is 9.97 Å². The van der Waals surface area contributed by atoms with Crippen LogP contribution >= 0.6 is 0 Å². The van der Waals surface area contributed by atoms with Crippen LogP contribution in [0.25, 0.3) is 0 Å². The SMILES string of the molecule is Cc1ccc(NC(=O)c2cnc(Cc3ccccc3)nc2C)cc1C. The first-order chi connectivity index (χ1) is 12.0. The van der Waals surface area contributed by atoms with Crippen LogP contribution in [0.3, 0.4) is 0 Å². The number of benzene rings is 2. The van der Waals surface area contributed by atoms with Gasteiger partial charge in [-0.2, -0.15) is 0 Å². The van der Waals surface area contributed by atoms with Gasteiger partial charge in [-0.15, -0.1) is 0 Å². The summed E-state index contributed by atoms with van der Waals surface area (Å²) in [4.78, 5) is 21.4. The fraction of sp³-hybridized carbons (Fsp3) is 0.190. The summed E-state index contributed by atoms with van der Waals surface area (Å²) in [6.07, 6.45) is 2.26. The number of carbonyl (C=O) groups excluding carboxylic acids is 1. The van der Waals surface area contributed by atoms with Crippen molar-refractivity contribution in [1.29, 1.82) is 0 Å². The number of anilines is 1. The average Bonchev–Trinajstić information content (AvgIpc) is 2.59. The van der Waals surface area contributed by atoms with Crippen LogP contribution in [-0.4, -0.2) is 15.9 Å². The lowest BCUT2D eigenvalue weighted by Gasteiger charge is -2.10. The summed E-state index contributed by atoms with van der Waals surface area (Å²) >= 11 is 0. The second kappa shape index (κ2) is 7.26. The highest BCUT2D eigenvalue weighted by molar-refractivity contribution is 6.04. The van der Waals surface area contributed by atoms with E-state index >= 15 is 0 Å². The van der Waals surface area contributed by atoms with E-state index in [2.05, 4.69) is 15.3 Å². The first kappa shape index (κ1) is 16.8. The van der Waals surface area contributed by atoms with Crippen molar-refractivity contribution < 1.29 is 4.79 Å². The smallest absolute Gasteiger partial charge is 0.259 e.